The van der Waals surface area contributed by atoms with Crippen LogP contribution >= 0.6 is 0 Å². The molecule has 0 saturated carbocycles. The van der Waals surface area contributed by atoms with Crippen molar-refractivity contribution >= 4 is 11.5 Å². The maximum Gasteiger partial charge on any atom is 0.329 e. The van der Waals surface area contributed by atoms with Gasteiger partial charge in [-0.05, 0) is 6.07 Å². The van der Waals surface area contributed by atoms with E-state index in [1.807, 2.05) is 0 Å². The molecule has 0 fully saturated rings. The first-order valence-corrected chi connectivity index (χ1v) is 4.47. The molecule has 1 aromatic heterocycles. The van der Waals surface area contributed by atoms with Crippen LogP contribution in [-0.4, -0.2) is 35.2 Å². The SMILES string of the molecule is CN(CCO)c1nccc(C#N)c1[N+](=O)[O-]. The molecule has 1 N–H and O–H groups in total. The van der Waals surface area contributed by atoms with Crippen LogP contribution < -0.4 is 4.90 Å². The number of hydrogen-bond acceptors (Lipinski definition) is 6. The van der Waals surface area contributed by atoms with Gasteiger partial charge in [-0.3, -0.25) is 10.1 Å². The van der Waals surface area contributed by atoms with Gasteiger partial charge in [-0.15, -0.1) is 0 Å². The van der Waals surface area contributed by atoms with Crippen molar-refractivity contribution in [3.05, 3.63) is 27.9 Å². The van der Waals surface area contributed by atoms with Crippen LogP contribution in [0.4, 0.5) is 11.5 Å². The van der Waals surface area contributed by atoms with E-state index in [-0.39, 0.29) is 30.2 Å². The second-order valence-corrected chi connectivity index (χ2v) is 3.04. The molecule has 84 valence electrons. The Hall–Kier alpha value is -2.20. The second-order valence-electron chi connectivity index (χ2n) is 3.04. The lowest BCUT2D eigenvalue weighted by Gasteiger charge is -2.16. The summed E-state index contributed by atoms with van der Waals surface area (Å²) in [7, 11) is 1.56. The second kappa shape index (κ2) is 5.04. The van der Waals surface area contributed by atoms with Crippen molar-refractivity contribution in [1.82, 2.24) is 4.98 Å². The molecule has 1 heterocycles. The molecule has 0 amide bonds. The van der Waals surface area contributed by atoms with Gasteiger partial charge in [0.2, 0.25) is 5.82 Å². The number of aromatic nitrogens is 1. The topological polar surface area (TPSA) is 103 Å². The molecule has 7 heteroatoms. The molecule has 1 rings (SSSR count). The summed E-state index contributed by atoms with van der Waals surface area (Å²) in [5, 5.41) is 28.3. The van der Waals surface area contributed by atoms with Crippen molar-refractivity contribution < 1.29 is 10.0 Å². The van der Waals surface area contributed by atoms with Gasteiger partial charge in [0.1, 0.15) is 11.6 Å². The zero-order valence-corrected chi connectivity index (χ0v) is 8.62. The Balaban J connectivity index is 3.28. The van der Waals surface area contributed by atoms with Crippen molar-refractivity contribution in [2.24, 2.45) is 0 Å². The molecular weight excluding hydrogens is 212 g/mol. The molecule has 0 aliphatic rings. The Morgan fingerprint density at radius 3 is 2.94 bits per heavy atom. The number of hydrogen-bond donors (Lipinski definition) is 1. The molecule has 0 radical (unpaired) electrons. The highest BCUT2D eigenvalue weighted by atomic mass is 16.6. The lowest BCUT2D eigenvalue weighted by Crippen LogP contribution is -2.23. The van der Waals surface area contributed by atoms with E-state index in [1.54, 1.807) is 13.1 Å². The van der Waals surface area contributed by atoms with E-state index in [2.05, 4.69) is 4.98 Å². The minimum Gasteiger partial charge on any atom is -0.395 e. The van der Waals surface area contributed by atoms with E-state index < -0.39 is 4.92 Å². The van der Waals surface area contributed by atoms with E-state index in [0.29, 0.717) is 0 Å². The Labute approximate surface area is 91.7 Å². The largest absolute Gasteiger partial charge is 0.395 e. The summed E-state index contributed by atoms with van der Waals surface area (Å²) in [6.45, 7) is 0.0643. The summed E-state index contributed by atoms with van der Waals surface area (Å²) in [6, 6.07) is 3.03. The van der Waals surface area contributed by atoms with Gasteiger partial charge in [-0.2, -0.15) is 5.26 Å². The predicted molar refractivity (Wildman–Crippen MR) is 56.0 cm³/mol. The fourth-order valence-corrected chi connectivity index (χ4v) is 1.25. The quantitative estimate of drug-likeness (QED) is 0.580. The minimum atomic E-state index is -0.644. The molecule has 0 bridgehead atoms. The zero-order chi connectivity index (χ0) is 12.1. The molecule has 16 heavy (non-hydrogen) atoms. The number of aliphatic hydroxyl groups excluding tert-OH is 1. The average molecular weight is 222 g/mol. The molecule has 7 nitrogen and oxygen atoms in total. The number of pyridine rings is 1. The summed E-state index contributed by atoms with van der Waals surface area (Å²) in [6.07, 6.45) is 1.33. The van der Waals surface area contributed by atoms with E-state index >= 15 is 0 Å². The van der Waals surface area contributed by atoms with Gasteiger partial charge in [-0.25, -0.2) is 4.98 Å². The summed E-state index contributed by atoms with van der Waals surface area (Å²) in [5.74, 6) is 0.0816. The fourth-order valence-electron chi connectivity index (χ4n) is 1.25. The van der Waals surface area contributed by atoms with Gasteiger partial charge in [-0.1, -0.05) is 0 Å². The first kappa shape index (κ1) is 11.9. The molecule has 0 aliphatic carbocycles. The smallest absolute Gasteiger partial charge is 0.329 e. The highest BCUT2D eigenvalue weighted by Gasteiger charge is 2.23. The fraction of sp³-hybridized carbons (Fsp3) is 0.333. The summed E-state index contributed by atoms with van der Waals surface area (Å²) in [4.78, 5) is 15.5. The van der Waals surface area contributed by atoms with E-state index in [0.717, 1.165) is 0 Å². The maximum absolute atomic E-state index is 10.8. The molecule has 0 unspecified atom stereocenters. The summed E-state index contributed by atoms with van der Waals surface area (Å²) < 4.78 is 0. The van der Waals surface area contributed by atoms with Gasteiger partial charge >= 0.3 is 5.69 Å². The van der Waals surface area contributed by atoms with Crippen molar-refractivity contribution in [2.75, 3.05) is 25.1 Å². The van der Waals surface area contributed by atoms with Crippen molar-refractivity contribution in [2.45, 2.75) is 0 Å². The van der Waals surface area contributed by atoms with Crippen LogP contribution in [0.25, 0.3) is 0 Å². The number of nitrogens with zero attached hydrogens (tertiary/aromatic N) is 4. The van der Waals surface area contributed by atoms with Gasteiger partial charge in [0.25, 0.3) is 0 Å². The highest BCUT2D eigenvalue weighted by molar-refractivity contribution is 5.65. The van der Waals surface area contributed by atoms with Gasteiger partial charge in [0.05, 0.1) is 11.5 Å². The Morgan fingerprint density at radius 1 is 1.75 bits per heavy atom. The first-order valence-electron chi connectivity index (χ1n) is 4.47. The molecule has 0 atom stereocenters. The van der Waals surface area contributed by atoms with Crippen LogP contribution in [0, 0.1) is 21.4 Å². The Morgan fingerprint density at radius 2 is 2.44 bits per heavy atom. The molecular formula is C9H10N4O3. The standard InChI is InChI=1S/C9H10N4O3/c1-12(4-5-14)9-8(13(15)16)7(6-10)2-3-11-9/h2-3,14H,4-5H2,1H3. The monoisotopic (exact) mass is 222 g/mol. The third-order valence-electron chi connectivity index (χ3n) is 2.00. The Kier molecular flexibility index (Phi) is 3.74. The van der Waals surface area contributed by atoms with E-state index in [9.17, 15) is 10.1 Å². The van der Waals surface area contributed by atoms with Crippen LogP contribution in [0.5, 0.6) is 0 Å². The van der Waals surface area contributed by atoms with Crippen molar-refractivity contribution in [3.63, 3.8) is 0 Å². The van der Waals surface area contributed by atoms with Gasteiger partial charge < -0.3 is 10.0 Å². The van der Waals surface area contributed by atoms with Crippen LogP contribution in [0.15, 0.2) is 12.3 Å². The average Bonchev–Trinajstić information content (AvgIpc) is 2.28. The third-order valence-corrected chi connectivity index (χ3v) is 2.00. The maximum atomic E-state index is 10.8. The summed E-state index contributed by atoms with van der Waals surface area (Å²) >= 11 is 0. The molecule has 0 aliphatic heterocycles. The molecule has 0 aromatic carbocycles. The van der Waals surface area contributed by atoms with Crippen molar-refractivity contribution in [3.8, 4) is 6.07 Å². The number of nitro groups is 1. The Bertz CT molecular complexity index is 441. The number of anilines is 1. The van der Waals surface area contributed by atoms with Crippen LogP contribution in [0.3, 0.4) is 0 Å². The van der Waals surface area contributed by atoms with Crippen LogP contribution in [-0.2, 0) is 0 Å². The van der Waals surface area contributed by atoms with E-state index in [4.69, 9.17) is 10.4 Å². The van der Waals surface area contributed by atoms with E-state index in [1.165, 1.54) is 17.2 Å². The number of nitriles is 1. The lowest BCUT2D eigenvalue weighted by molar-refractivity contribution is -0.384. The number of likely N-dealkylation sites (N-methyl/N-ethyl adjacent to an activating group) is 1. The number of rotatable bonds is 4. The predicted octanol–water partition coefficient (Wildman–Crippen LogP) is 0.290. The molecule has 0 spiro atoms. The van der Waals surface area contributed by atoms with Crippen LogP contribution in [0.1, 0.15) is 5.56 Å². The zero-order valence-electron chi connectivity index (χ0n) is 8.62. The number of aliphatic hydroxyl groups is 1. The minimum absolute atomic E-state index is 0.0419. The first-order chi connectivity index (χ1) is 7.61. The molecule has 0 saturated heterocycles. The third kappa shape index (κ3) is 2.24. The van der Waals surface area contributed by atoms with Gasteiger partial charge in [0.15, 0.2) is 0 Å². The van der Waals surface area contributed by atoms with Crippen molar-refractivity contribution in [1.29, 1.82) is 5.26 Å². The molecule has 1 aromatic rings. The lowest BCUT2D eigenvalue weighted by atomic mass is 10.2. The highest BCUT2D eigenvalue weighted by Crippen LogP contribution is 2.27. The summed E-state index contributed by atoms with van der Waals surface area (Å²) in [5.41, 5.74) is -0.374. The normalized spacial score (nSPS) is 9.56. The van der Waals surface area contributed by atoms with Crippen LogP contribution in [0.2, 0.25) is 0 Å². The van der Waals surface area contributed by atoms with Gasteiger partial charge in [0, 0.05) is 19.8 Å².